The molecule has 1 rings (SSSR count). The van der Waals surface area contributed by atoms with Crippen molar-refractivity contribution in [2.45, 2.75) is 6.42 Å². The van der Waals surface area contributed by atoms with E-state index in [0.717, 1.165) is 18.2 Å². The molecule has 5 nitrogen and oxygen atoms in total. The van der Waals surface area contributed by atoms with Gasteiger partial charge in [0.2, 0.25) is 0 Å². The summed E-state index contributed by atoms with van der Waals surface area (Å²) in [6.45, 7) is 3.82. The van der Waals surface area contributed by atoms with Crippen LogP contribution in [0.15, 0.2) is 30.9 Å². The summed E-state index contributed by atoms with van der Waals surface area (Å²) in [6.07, 6.45) is 2.19. The molecule has 1 amide bonds. The molecule has 0 saturated carbocycles. The molecule has 0 bridgehead atoms. The van der Waals surface area contributed by atoms with Gasteiger partial charge in [0.1, 0.15) is 5.82 Å². The lowest BCUT2D eigenvalue weighted by atomic mass is 10.2. The molecule has 0 atom stereocenters. The van der Waals surface area contributed by atoms with Crippen LogP contribution in [-0.2, 0) is 0 Å². The zero-order valence-electron chi connectivity index (χ0n) is 8.98. The summed E-state index contributed by atoms with van der Waals surface area (Å²) in [5.74, 6) is -1.51. The fourth-order valence-electron chi connectivity index (χ4n) is 1.18. The lowest BCUT2D eigenvalue weighted by Gasteiger charge is -2.04. The van der Waals surface area contributed by atoms with Gasteiger partial charge in [-0.05, 0) is 12.5 Å². The summed E-state index contributed by atoms with van der Waals surface area (Å²) in [4.78, 5) is 21.1. The zero-order chi connectivity index (χ0) is 12.8. The first-order valence-electron chi connectivity index (χ1n) is 4.89. The number of nitro groups is 1. The Morgan fingerprint density at radius 2 is 2.29 bits per heavy atom. The van der Waals surface area contributed by atoms with Crippen LogP contribution in [-0.4, -0.2) is 17.4 Å². The van der Waals surface area contributed by atoms with Crippen LogP contribution in [0.2, 0.25) is 0 Å². The Balaban J connectivity index is 2.81. The summed E-state index contributed by atoms with van der Waals surface area (Å²) in [6, 6.07) is 2.91. The lowest BCUT2D eigenvalue weighted by Crippen LogP contribution is -2.25. The Hall–Kier alpha value is -2.24. The van der Waals surface area contributed by atoms with E-state index < -0.39 is 16.6 Å². The number of nitrogens with zero attached hydrogens (tertiary/aromatic N) is 1. The van der Waals surface area contributed by atoms with Crippen molar-refractivity contribution in [1.82, 2.24) is 5.32 Å². The fraction of sp³-hybridized carbons (Fsp3) is 0.182. The second-order valence-corrected chi connectivity index (χ2v) is 3.25. The van der Waals surface area contributed by atoms with Gasteiger partial charge in [0.15, 0.2) is 0 Å². The number of hydrogen-bond donors (Lipinski definition) is 1. The molecule has 17 heavy (non-hydrogen) atoms. The Bertz CT molecular complexity index is 460. The number of amides is 1. The minimum atomic E-state index is -0.907. The van der Waals surface area contributed by atoms with Crippen LogP contribution in [0.25, 0.3) is 0 Å². The largest absolute Gasteiger partial charge is 0.352 e. The molecule has 1 N–H and O–H groups in total. The van der Waals surface area contributed by atoms with E-state index in [9.17, 15) is 19.3 Å². The molecular formula is C11H11FN2O3. The first-order chi connectivity index (χ1) is 8.06. The van der Waals surface area contributed by atoms with Crippen molar-refractivity contribution in [3.63, 3.8) is 0 Å². The number of hydrogen-bond acceptors (Lipinski definition) is 3. The van der Waals surface area contributed by atoms with Crippen molar-refractivity contribution < 1.29 is 14.1 Å². The Kier molecular flexibility index (Phi) is 4.33. The van der Waals surface area contributed by atoms with Crippen LogP contribution in [0, 0.1) is 15.9 Å². The Morgan fingerprint density at radius 1 is 1.59 bits per heavy atom. The van der Waals surface area contributed by atoms with Gasteiger partial charge < -0.3 is 5.32 Å². The summed E-state index contributed by atoms with van der Waals surface area (Å²) in [7, 11) is 0. The first-order valence-corrected chi connectivity index (χ1v) is 4.89. The molecule has 90 valence electrons. The van der Waals surface area contributed by atoms with Gasteiger partial charge in [-0.1, -0.05) is 6.08 Å². The smallest absolute Gasteiger partial charge is 0.272 e. The monoisotopic (exact) mass is 238 g/mol. The van der Waals surface area contributed by atoms with Crippen LogP contribution < -0.4 is 5.32 Å². The van der Waals surface area contributed by atoms with Gasteiger partial charge in [0, 0.05) is 12.6 Å². The molecule has 1 aromatic rings. The SMILES string of the molecule is C=CCCNC(=O)c1ccc([N+](=O)[O-])cc1F. The van der Waals surface area contributed by atoms with Gasteiger partial charge in [0.05, 0.1) is 16.6 Å². The fourth-order valence-corrected chi connectivity index (χ4v) is 1.18. The molecule has 1 aromatic carbocycles. The highest BCUT2D eigenvalue weighted by molar-refractivity contribution is 5.94. The summed E-state index contributed by atoms with van der Waals surface area (Å²) in [5.41, 5.74) is -0.593. The third-order valence-electron chi connectivity index (χ3n) is 2.04. The molecule has 0 fully saturated rings. The van der Waals surface area contributed by atoms with Crippen molar-refractivity contribution in [3.05, 3.63) is 52.3 Å². The maximum atomic E-state index is 13.4. The number of carbonyl (C=O) groups is 1. The number of rotatable bonds is 5. The highest BCUT2D eigenvalue weighted by Gasteiger charge is 2.15. The summed E-state index contributed by atoms with van der Waals surface area (Å²) in [5, 5.41) is 12.8. The molecule has 0 aliphatic heterocycles. The number of non-ortho nitro benzene ring substituents is 1. The highest BCUT2D eigenvalue weighted by Crippen LogP contribution is 2.16. The van der Waals surface area contributed by atoms with E-state index in [1.165, 1.54) is 0 Å². The molecule has 0 aromatic heterocycles. The predicted molar refractivity (Wildman–Crippen MR) is 60.2 cm³/mol. The third-order valence-corrected chi connectivity index (χ3v) is 2.04. The van der Waals surface area contributed by atoms with Crippen LogP contribution in [0.3, 0.4) is 0 Å². The van der Waals surface area contributed by atoms with Gasteiger partial charge in [-0.3, -0.25) is 14.9 Å². The normalized spacial score (nSPS) is 9.71. The molecule has 0 unspecified atom stereocenters. The van der Waals surface area contributed by atoms with Gasteiger partial charge >= 0.3 is 0 Å². The molecule has 0 aliphatic rings. The average Bonchev–Trinajstić information content (AvgIpc) is 2.28. The van der Waals surface area contributed by atoms with Gasteiger partial charge in [-0.15, -0.1) is 6.58 Å². The minimum absolute atomic E-state index is 0.209. The topological polar surface area (TPSA) is 72.2 Å². The van der Waals surface area contributed by atoms with Crippen LogP contribution >= 0.6 is 0 Å². The lowest BCUT2D eigenvalue weighted by molar-refractivity contribution is -0.385. The van der Waals surface area contributed by atoms with Crippen molar-refractivity contribution in [2.24, 2.45) is 0 Å². The quantitative estimate of drug-likeness (QED) is 0.369. The Morgan fingerprint density at radius 3 is 2.82 bits per heavy atom. The highest BCUT2D eigenvalue weighted by atomic mass is 19.1. The molecule has 0 spiro atoms. The molecular weight excluding hydrogens is 227 g/mol. The van der Waals surface area contributed by atoms with E-state index in [1.54, 1.807) is 6.08 Å². The van der Waals surface area contributed by atoms with E-state index in [4.69, 9.17) is 0 Å². The molecule has 6 heteroatoms. The average molecular weight is 238 g/mol. The van der Waals surface area contributed by atoms with E-state index in [0.29, 0.717) is 13.0 Å². The van der Waals surface area contributed by atoms with Gasteiger partial charge in [-0.2, -0.15) is 0 Å². The van der Waals surface area contributed by atoms with Crippen molar-refractivity contribution in [3.8, 4) is 0 Å². The maximum Gasteiger partial charge on any atom is 0.272 e. The molecule has 0 saturated heterocycles. The van der Waals surface area contributed by atoms with E-state index in [1.807, 2.05) is 0 Å². The van der Waals surface area contributed by atoms with E-state index in [2.05, 4.69) is 11.9 Å². The van der Waals surface area contributed by atoms with E-state index >= 15 is 0 Å². The molecule has 0 aliphatic carbocycles. The van der Waals surface area contributed by atoms with Crippen LogP contribution in [0.5, 0.6) is 0 Å². The minimum Gasteiger partial charge on any atom is -0.352 e. The molecule has 0 heterocycles. The van der Waals surface area contributed by atoms with Crippen molar-refractivity contribution in [1.29, 1.82) is 0 Å². The third kappa shape index (κ3) is 3.37. The number of benzene rings is 1. The van der Waals surface area contributed by atoms with Crippen LogP contribution in [0.4, 0.5) is 10.1 Å². The van der Waals surface area contributed by atoms with Crippen molar-refractivity contribution in [2.75, 3.05) is 6.54 Å². The maximum absolute atomic E-state index is 13.4. The van der Waals surface area contributed by atoms with Crippen LogP contribution in [0.1, 0.15) is 16.8 Å². The van der Waals surface area contributed by atoms with Gasteiger partial charge in [0.25, 0.3) is 11.6 Å². The van der Waals surface area contributed by atoms with Crippen molar-refractivity contribution >= 4 is 11.6 Å². The second-order valence-electron chi connectivity index (χ2n) is 3.25. The molecule has 0 radical (unpaired) electrons. The summed E-state index contributed by atoms with van der Waals surface area (Å²) < 4.78 is 13.4. The number of nitro benzene ring substituents is 1. The summed E-state index contributed by atoms with van der Waals surface area (Å²) >= 11 is 0. The van der Waals surface area contributed by atoms with E-state index in [-0.39, 0.29) is 11.3 Å². The standard InChI is InChI=1S/C11H11FN2O3/c1-2-3-6-13-11(15)9-5-4-8(14(16)17)7-10(9)12/h2,4-5,7H,1,3,6H2,(H,13,15). The first kappa shape index (κ1) is 12.8. The second kappa shape index (κ2) is 5.74. The number of carbonyl (C=O) groups excluding carboxylic acids is 1. The number of nitrogens with one attached hydrogen (secondary N) is 1. The predicted octanol–water partition coefficient (Wildman–Crippen LogP) is 2.04. The van der Waals surface area contributed by atoms with Gasteiger partial charge in [-0.25, -0.2) is 4.39 Å². The number of halogens is 1. The Labute approximate surface area is 97.1 Å². The zero-order valence-corrected chi connectivity index (χ0v) is 8.98.